The third-order valence-electron chi connectivity index (χ3n) is 1.70. The maximum atomic E-state index is 5.24. The zero-order valence-corrected chi connectivity index (χ0v) is 7.81. The highest BCUT2D eigenvalue weighted by molar-refractivity contribution is 9.09. The highest BCUT2D eigenvalue weighted by atomic mass is 79.9. The Morgan fingerprint density at radius 3 is 2.80 bits per heavy atom. The smallest absolute Gasteiger partial charge is 0.120 e. The van der Waals surface area contributed by atoms with Crippen molar-refractivity contribution in [1.29, 1.82) is 0 Å². The van der Waals surface area contributed by atoms with E-state index in [4.69, 9.17) is 4.42 Å². The number of halogens is 1. The van der Waals surface area contributed by atoms with Gasteiger partial charge in [0.15, 0.2) is 0 Å². The quantitative estimate of drug-likeness (QED) is 0.672. The monoisotopic (exact) mass is 202 g/mol. The van der Waals surface area contributed by atoms with Crippen LogP contribution >= 0.6 is 15.9 Å². The van der Waals surface area contributed by atoms with Crippen LogP contribution in [0, 0.1) is 0 Å². The van der Waals surface area contributed by atoms with Crippen LogP contribution in [0.3, 0.4) is 0 Å². The molecule has 0 aliphatic heterocycles. The van der Waals surface area contributed by atoms with E-state index in [1.54, 1.807) is 6.26 Å². The molecular formula is C8H11BrO. The van der Waals surface area contributed by atoms with E-state index in [-0.39, 0.29) is 4.32 Å². The SMILES string of the molecule is CCC(C)(Br)c1ccco1. The maximum Gasteiger partial charge on any atom is 0.120 e. The van der Waals surface area contributed by atoms with Gasteiger partial charge in [-0.15, -0.1) is 0 Å². The summed E-state index contributed by atoms with van der Waals surface area (Å²) in [7, 11) is 0. The van der Waals surface area contributed by atoms with E-state index in [1.165, 1.54) is 0 Å². The Bertz CT molecular complexity index is 189. The van der Waals surface area contributed by atoms with Crippen LogP contribution < -0.4 is 0 Å². The molecule has 1 aromatic rings. The van der Waals surface area contributed by atoms with Crippen molar-refractivity contribution in [2.24, 2.45) is 0 Å². The maximum absolute atomic E-state index is 5.24. The van der Waals surface area contributed by atoms with Gasteiger partial charge in [0, 0.05) is 0 Å². The van der Waals surface area contributed by atoms with E-state index in [1.807, 2.05) is 12.1 Å². The Morgan fingerprint density at radius 2 is 2.40 bits per heavy atom. The minimum atomic E-state index is 0.0104. The standard InChI is InChI=1S/C8H11BrO/c1-3-8(2,9)7-5-4-6-10-7/h4-6H,3H2,1-2H3. The fraction of sp³-hybridized carbons (Fsp3) is 0.500. The topological polar surface area (TPSA) is 13.1 Å². The Morgan fingerprint density at radius 1 is 1.70 bits per heavy atom. The number of hydrogen-bond donors (Lipinski definition) is 0. The molecule has 10 heavy (non-hydrogen) atoms. The van der Waals surface area contributed by atoms with Crippen LogP contribution in [0.4, 0.5) is 0 Å². The van der Waals surface area contributed by atoms with Gasteiger partial charge in [-0.3, -0.25) is 0 Å². The fourth-order valence-electron chi connectivity index (χ4n) is 0.749. The van der Waals surface area contributed by atoms with Crippen molar-refractivity contribution < 1.29 is 4.42 Å². The van der Waals surface area contributed by atoms with Gasteiger partial charge < -0.3 is 4.42 Å². The molecule has 0 amide bonds. The van der Waals surface area contributed by atoms with E-state index in [0.29, 0.717) is 0 Å². The molecule has 2 heteroatoms. The summed E-state index contributed by atoms with van der Waals surface area (Å²) in [6.45, 7) is 4.23. The first-order valence-electron chi connectivity index (χ1n) is 3.39. The van der Waals surface area contributed by atoms with Crippen LogP contribution in [-0.2, 0) is 4.32 Å². The second-order valence-electron chi connectivity index (χ2n) is 2.53. The molecule has 0 aliphatic carbocycles. The summed E-state index contributed by atoms with van der Waals surface area (Å²) >= 11 is 3.57. The van der Waals surface area contributed by atoms with Crippen LogP contribution in [0.15, 0.2) is 22.8 Å². The van der Waals surface area contributed by atoms with E-state index in [0.717, 1.165) is 12.2 Å². The van der Waals surface area contributed by atoms with Gasteiger partial charge in [-0.05, 0) is 25.5 Å². The van der Waals surface area contributed by atoms with Crippen LogP contribution in [-0.4, -0.2) is 0 Å². The molecule has 0 radical (unpaired) electrons. The summed E-state index contributed by atoms with van der Waals surface area (Å²) < 4.78 is 5.25. The lowest BCUT2D eigenvalue weighted by atomic mass is 10.1. The predicted molar refractivity (Wildman–Crippen MR) is 45.3 cm³/mol. The largest absolute Gasteiger partial charge is 0.468 e. The van der Waals surface area contributed by atoms with Crippen molar-refractivity contribution in [3.8, 4) is 0 Å². The van der Waals surface area contributed by atoms with Gasteiger partial charge in [0.05, 0.1) is 10.6 Å². The zero-order chi connectivity index (χ0) is 7.61. The molecule has 0 saturated heterocycles. The Hall–Kier alpha value is -0.240. The van der Waals surface area contributed by atoms with Crippen molar-refractivity contribution in [2.45, 2.75) is 24.6 Å². The third-order valence-corrected chi connectivity index (χ3v) is 2.65. The summed E-state index contributed by atoms with van der Waals surface area (Å²) in [6.07, 6.45) is 2.73. The fourth-order valence-corrected chi connectivity index (χ4v) is 0.975. The van der Waals surface area contributed by atoms with Crippen molar-refractivity contribution in [3.63, 3.8) is 0 Å². The minimum Gasteiger partial charge on any atom is -0.468 e. The molecule has 1 nitrogen and oxygen atoms in total. The lowest BCUT2D eigenvalue weighted by Gasteiger charge is -2.16. The molecule has 1 aromatic heterocycles. The van der Waals surface area contributed by atoms with Gasteiger partial charge >= 0.3 is 0 Å². The van der Waals surface area contributed by atoms with Crippen molar-refractivity contribution in [2.75, 3.05) is 0 Å². The normalized spacial score (nSPS) is 16.7. The molecule has 56 valence electrons. The molecular weight excluding hydrogens is 192 g/mol. The summed E-state index contributed by atoms with van der Waals surface area (Å²) in [5.41, 5.74) is 0. The second-order valence-corrected chi connectivity index (χ2v) is 4.28. The minimum absolute atomic E-state index is 0.0104. The summed E-state index contributed by atoms with van der Waals surface area (Å²) in [6, 6.07) is 3.89. The van der Waals surface area contributed by atoms with Crippen LogP contribution in [0.1, 0.15) is 26.0 Å². The lowest BCUT2D eigenvalue weighted by molar-refractivity contribution is 0.451. The van der Waals surface area contributed by atoms with E-state index in [2.05, 4.69) is 29.8 Å². The number of furan rings is 1. The Labute approximate surface area is 69.6 Å². The van der Waals surface area contributed by atoms with Gasteiger partial charge in [0.2, 0.25) is 0 Å². The first-order valence-corrected chi connectivity index (χ1v) is 4.19. The van der Waals surface area contributed by atoms with Crippen molar-refractivity contribution in [1.82, 2.24) is 0 Å². The molecule has 0 saturated carbocycles. The molecule has 0 fully saturated rings. The average Bonchev–Trinajstić information content (AvgIpc) is 2.38. The Kier molecular flexibility index (Phi) is 2.19. The first kappa shape index (κ1) is 7.86. The Balaban J connectivity index is 2.85. The van der Waals surface area contributed by atoms with E-state index >= 15 is 0 Å². The molecule has 0 N–H and O–H groups in total. The van der Waals surface area contributed by atoms with Crippen LogP contribution in [0.25, 0.3) is 0 Å². The molecule has 0 aromatic carbocycles. The number of rotatable bonds is 2. The van der Waals surface area contributed by atoms with E-state index in [9.17, 15) is 0 Å². The van der Waals surface area contributed by atoms with Gasteiger partial charge in [-0.1, -0.05) is 22.9 Å². The second kappa shape index (κ2) is 2.79. The lowest BCUT2D eigenvalue weighted by Crippen LogP contribution is -2.09. The van der Waals surface area contributed by atoms with E-state index < -0.39 is 0 Å². The number of alkyl halides is 1. The third kappa shape index (κ3) is 1.43. The number of hydrogen-bond acceptors (Lipinski definition) is 1. The predicted octanol–water partition coefficient (Wildman–Crippen LogP) is 3.30. The van der Waals surface area contributed by atoms with Gasteiger partial charge in [-0.2, -0.15) is 0 Å². The summed E-state index contributed by atoms with van der Waals surface area (Å²) in [5.74, 6) is 0.995. The summed E-state index contributed by atoms with van der Waals surface area (Å²) in [5, 5.41) is 0. The van der Waals surface area contributed by atoms with Gasteiger partial charge in [-0.25, -0.2) is 0 Å². The molecule has 1 atom stereocenters. The van der Waals surface area contributed by atoms with Crippen LogP contribution in [0.5, 0.6) is 0 Å². The molecule has 1 unspecified atom stereocenters. The van der Waals surface area contributed by atoms with Crippen molar-refractivity contribution in [3.05, 3.63) is 24.2 Å². The molecule has 1 heterocycles. The molecule has 0 aliphatic rings. The molecule has 1 rings (SSSR count). The average molecular weight is 203 g/mol. The molecule has 0 bridgehead atoms. The van der Waals surface area contributed by atoms with Gasteiger partial charge in [0.1, 0.15) is 5.76 Å². The molecule has 0 spiro atoms. The zero-order valence-electron chi connectivity index (χ0n) is 6.23. The van der Waals surface area contributed by atoms with Gasteiger partial charge in [0.25, 0.3) is 0 Å². The highest BCUT2D eigenvalue weighted by Gasteiger charge is 2.22. The first-order chi connectivity index (χ1) is 4.67. The summed E-state index contributed by atoms with van der Waals surface area (Å²) in [4.78, 5) is 0. The van der Waals surface area contributed by atoms with Crippen LogP contribution in [0.2, 0.25) is 0 Å². The highest BCUT2D eigenvalue weighted by Crippen LogP contribution is 2.33. The van der Waals surface area contributed by atoms with Crippen molar-refractivity contribution >= 4 is 15.9 Å².